The first kappa shape index (κ1) is 16.7. The monoisotopic (exact) mass is 299 g/mol. The summed E-state index contributed by atoms with van der Waals surface area (Å²) in [7, 11) is -2.12. The second-order valence-electron chi connectivity index (χ2n) is 4.69. The van der Waals surface area contributed by atoms with E-state index in [0.717, 1.165) is 11.1 Å². The summed E-state index contributed by atoms with van der Waals surface area (Å²) in [5.74, 6) is -0.481. The molecule has 0 saturated carbocycles. The summed E-state index contributed by atoms with van der Waals surface area (Å²) in [6.45, 7) is 3.75. The average molecular weight is 299 g/mol. The molecule has 0 spiro atoms. The van der Waals surface area contributed by atoms with Gasteiger partial charge in [-0.15, -0.1) is 0 Å². The van der Waals surface area contributed by atoms with E-state index in [0.29, 0.717) is 0 Å². The number of methoxy groups -OCH3 is 1. The van der Waals surface area contributed by atoms with Crippen molar-refractivity contribution in [3.8, 4) is 0 Å². The molecular weight excluding hydrogens is 278 g/mol. The molecule has 0 unspecified atom stereocenters. The van der Waals surface area contributed by atoms with E-state index in [1.165, 1.54) is 7.11 Å². The maximum absolute atomic E-state index is 11.9. The van der Waals surface area contributed by atoms with E-state index in [-0.39, 0.29) is 24.6 Å². The largest absolute Gasteiger partial charge is 0.469 e. The van der Waals surface area contributed by atoms with Gasteiger partial charge in [0.25, 0.3) is 0 Å². The molecule has 1 aromatic carbocycles. The molecule has 0 aliphatic heterocycles. The van der Waals surface area contributed by atoms with Crippen LogP contribution in [0.1, 0.15) is 36.9 Å². The minimum absolute atomic E-state index is 0.0850. The van der Waals surface area contributed by atoms with Crippen LogP contribution in [0.5, 0.6) is 0 Å². The first-order valence-corrected chi connectivity index (χ1v) is 8.13. The van der Waals surface area contributed by atoms with Crippen LogP contribution in [0, 0.1) is 6.92 Å². The fraction of sp³-hybridized carbons (Fsp3) is 0.500. The molecule has 20 heavy (non-hydrogen) atoms. The standard InChI is InChI=1S/C14H21NO4S/c1-11-7-4-5-8-13(11)12(2)15-20(17,18)10-6-9-14(16)19-3/h4-5,7-8,12,15H,6,9-10H2,1-3H3/t12-/m0/s1. The first-order chi connectivity index (χ1) is 9.35. The van der Waals surface area contributed by atoms with Crippen LogP contribution in [-0.2, 0) is 19.6 Å². The Labute approximate surface area is 120 Å². The highest BCUT2D eigenvalue weighted by atomic mass is 32.2. The summed E-state index contributed by atoms with van der Waals surface area (Å²) < 4.78 is 31.0. The number of carbonyl (C=O) groups is 1. The quantitative estimate of drug-likeness (QED) is 0.781. The van der Waals surface area contributed by atoms with Gasteiger partial charge in [-0.2, -0.15) is 0 Å². The smallest absolute Gasteiger partial charge is 0.305 e. The zero-order chi connectivity index (χ0) is 15.2. The predicted molar refractivity (Wildman–Crippen MR) is 77.8 cm³/mol. The topological polar surface area (TPSA) is 72.5 Å². The highest BCUT2D eigenvalue weighted by Gasteiger charge is 2.17. The molecule has 0 aliphatic rings. The van der Waals surface area contributed by atoms with Gasteiger partial charge in [0.05, 0.1) is 12.9 Å². The summed E-state index contributed by atoms with van der Waals surface area (Å²) in [5.41, 5.74) is 1.99. The molecule has 1 rings (SSSR count). The Kier molecular flexibility index (Phi) is 6.16. The fourth-order valence-corrected chi connectivity index (χ4v) is 3.28. The van der Waals surface area contributed by atoms with Gasteiger partial charge in [0, 0.05) is 12.5 Å². The van der Waals surface area contributed by atoms with Crippen molar-refractivity contribution >= 4 is 16.0 Å². The molecule has 0 radical (unpaired) electrons. The van der Waals surface area contributed by atoms with E-state index in [1.807, 2.05) is 31.2 Å². The number of benzene rings is 1. The molecule has 112 valence electrons. The van der Waals surface area contributed by atoms with Crippen LogP contribution in [0.15, 0.2) is 24.3 Å². The number of ether oxygens (including phenoxy) is 1. The highest BCUT2D eigenvalue weighted by molar-refractivity contribution is 7.89. The third kappa shape index (κ3) is 5.30. The summed E-state index contributed by atoms with van der Waals surface area (Å²) in [6, 6.07) is 7.34. The molecule has 1 N–H and O–H groups in total. The number of rotatable bonds is 7. The molecule has 5 nitrogen and oxygen atoms in total. The molecule has 6 heteroatoms. The van der Waals surface area contributed by atoms with E-state index in [4.69, 9.17) is 0 Å². The van der Waals surface area contributed by atoms with Gasteiger partial charge in [-0.1, -0.05) is 24.3 Å². The third-order valence-electron chi connectivity index (χ3n) is 3.03. The lowest BCUT2D eigenvalue weighted by atomic mass is 10.0. The maximum Gasteiger partial charge on any atom is 0.305 e. The lowest BCUT2D eigenvalue weighted by Crippen LogP contribution is -2.29. The normalized spacial score (nSPS) is 12.9. The van der Waals surface area contributed by atoms with E-state index < -0.39 is 16.0 Å². The summed E-state index contributed by atoms with van der Waals surface area (Å²) in [4.78, 5) is 10.9. The Morgan fingerprint density at radius 2 is 2.00 bits per heavy atom. The van der Waals surface area contributed by atoms with Crippen LogP contribution in [0.4, 0.5) is 0 Å². The predicted octanol–water partition coefficient (Wildman–Crippen LogP) is 1.93. The van der Waals surface area contributed by atoms with Gasteiger partial charge >= 0.3 is 5.97 Å². The van der Waals surface area contributed by atoms with Crippen molar-refractivity contribution in [2.24, 2.45) is 0 Å². The molecule has 0 heterocycles. The van der Waals surface area contributed by atoms with Gasteiger partial charge in [-0.05, 0) is 31.4 Å². The van der Waals surface area contributed by atoms with Crippen LogP contribution >= 0.6 is 0 Å². The molecule has 0 saturated heterocycles. The number of aryl methyl sites for hydroxylation is 1. The number of hydrogen-bond acceptors (Lipinski definition) is 4. The van der Waals surface area contributed by atoms with Gasteiger partial charge in [0.2, 0.25) is 10.0 Å². The van der Waals surface area contributed by atoms with Crippen LogP contribution < -0.4 is 4.72 Å². The SMILES string of the molecule is COC(=O)CCCS(=O)(=O)N[C@@H](C)c1ccccc1C. The van der Waals surface area contributed by atoms with E-state index in [2.05, 4.69) is 9.46 Å². The zero-order valence-electron chi connectivity index (χ0n) is 12.0. The average Bonchev–Trinajstić information content (AvgIpc) is 2.38. The minimum Gasteiger partial charge on any atom is -0.469 e. The van der Waals surface area contributed by atoms with Crippen LogP contribution in [0.2, 0.25) is 0 Å². The van der Waals surface area contributed by atoms with Crippen LogP contribution in [0.25, 0.3) is 0 Å². The van der Waals surface area contributed by atoms with Gasteiger partial charge < -0.3 is 4.74 Å². The second-order valence-corrected chi connectivity index (χ2v) is 6.57. The fourth-order valence-electron chi connectivity index (χ4n) is 1.97. The lowest BCUT2D eigenvalue weighted by molar-refractivity contribution is -0.140. The van der Waals surface area contributed by atoms with Crippen molar-refractivity contribution in [1.29, 1.82) is 0 Å². The van der Waals surface area contributed by atoms with E-state index in [9.17, 15) is 13.2 Å². The molecule has 0 amide bonds. The molecule has 1 atom stereocenters. The van der Waals surface area contributed by atoms with Crippen LogP contribution in [-0.4, -0.2) is 27.2 Å². The Balaban J connectivity index is 2.58. The number of sulfonamides is 1. The number of carbonyl (C=O) groups excluding carboxylic acids is 1. The van der Waals surface area contributed by atoms with Crippen molar-refractivity contribution in [1.82, 2.24) is 4.72 Å². The van der Waals surface area contributed by atoms with Gasteiger partial charge in [-0.25, -0.2) is 13.1 Å². The van der Waals surface area contributed by atoms with Crippen molar-refractivity contribution in [3.05, 3.63) is 35.4 Å². The Bertz CT molecular complexity index is 554. The maximum atomic E-state index is 11.9. The molecular formula is C14H21NO4S. The summed E-state index contributed by atoms with van der Waals surface area (Å²) in [5, 5.41) is 0. The van der Waals surface area contributed by atoms with Gasteiger partial charge in [0.15, 0.2) is 0 Å². The molecule has 0 aromatic heterocycles. The number of esters is 1. The van der Waals surface area contributed by atoms with Crippen molar-refractivity contribution in [2.45, 2.75) is 32.7 Å². The Morgan fingerprint density at radius 1 is 1.35 bits per heavy atom. The zero-order valence-corrected chi connectivity index (χ0v) is 12.9. The third-order valence-corrected chi connectivity index (χ3v) is 4.57. The second kappa shape index (κ2) is 7.40. The molecule has 0 bridgehead atoms. The highest BCUT2D eigenvalue weighted by Crippen LogP contribution is 2.17. The minimum atomic E-state index is -3.41. The molecule has 0 aliphatic carbocycles. The van der Waals surface area contributed by atoms with Gasteiger partial charge in [-0.3, -0.25) is 4.79 Å². The Morgan fingerprint density at radius 3 is 2.60 bits per heavy atom. The first-order valence-electron chi connectivity index (χ1n) is 6.48. The Hall–Kier alpha value is -1.40. The van der Waals surface area contributed by atoms with Gasteiger partial charge in [0.1, 0.15) is 0 Å². The van der Waals surface area contributed by atoms with E-state index in [1.54, 1.807) is 6.92 Å². The van der Waals surface area contributed by atoms with Crippen molar-refractivity contribution in [3.63, 3.8) is 0 Å². The molecule has 1 aromatic rings. The van der Waals surface area contributed by atoms with Crippen LogP contribution in [0.3, 0.4) is 0 Å². The van der Waals surface area contributed by atoms with Crippen molar-refractivity contribution in [2.75, 3.05) is 12.9 Å². The summed E-state index contributed by atoms with van der Waals surface area (Å²) >= 11 is 0. The van der Waals surface area contributed by atoms with Crippen molar-refractivity contribution < 1.29 is 17.9 Å². The summed E-state index contributed by atoms with van der Waals surface area (Å²) in [6.07, 6.45) is 0.360. The van der Waals surface area contributed by atoms with E-state index >= 15 is 0 Å². The molecule has 0 fully saturated rings. The number of hydrogen-bond donors (Lipinski definition) is 1. The lowest BCUT2D eigenvalue weighted by Gasteiger charge is -2.16. The number of nitrogens with one attached hydrogen (secondary N) is 1.